The van der Waals surface area contributed by atoms with Crippen molar-refractivity contribution in [3.63, 3.8) is 0 Å². The second kappa shape index (κ2) is 29.4. The summed E-state index contributed by atoms with van der Waals surface area (Å²) in [6.45, 7) is 9.39. The van der Waals surface area contributed by atoms with Crippen molar-refractivity contribution in [1.29, 1.82) is 0 Å². The van der Waals surface area contributed by atoms with Crippen molar-refractivity contribution in [3.8, 4) is 89.3 Å². The van der Waals surface area contributed by atoms with Crippen LogP contribution in [0.15, 0.2) is 446 Å². The zero-order valence-corrected chi connectivity index (χ0v) is 70.2. The fourth-order valence-electron chi connectivity index (χ4n) is 20.5. The van der Waals surface area contributed by atoms with Crippen LogP contribution >= 0.6 is 0 Å². The molecule has 0 saturated carbocycles. The summed E-state index contributed by atoms with van der Waals surface area (Å²) in [5.74, 6) is 0. The van der Waals surface area contributed by atoms with Crippen molar-refractivity contribution in [3.05, 3.63) is 459 Å². The van der Waals surface area contributed by atoms with E-state index in [9.17, 15) is 0 Å². The monoisotopic (exact) mass is 1610 g/mol. The van der Waals surface area contributed by atoms with Crippen molar-refractivity contribution in [1.82, 2.24) is 9.13 Å². The third-order valence-corrected chi connectivity index (χ3v) is 26.8. The summed E-state index contributed by atoms with van der Waals surface area (Å²) in [6, 6.07) is 159. The molecule has 0 N–H and O–H groups in total. The summed E-state index contributed by atoms with van der Waals surface area (Å²) >= 11 is 0. The second-order valence-electron chi connectivity index (χ2n) is 34.7. The minimum absolute atomic E-state index is 0.120. The fraction of sp³-hybridized carbons (Fsp3) is 0.0500. The number of anilines is 6. The summed E-state index contributed by atoms with van der Waals surface area (Å²) in [5.41, 5.74) is 39.5. The molecule has 25 rings (SSSR count). The highest BCUT2D eigenvalue weighted by Gasteiger charge is 2.38. The number of furan rings is 2. The van der Waals surface area contributed by atoms with Crippen LogP contribution in [-0.4, -0.2) is 9.13 Å². The molecule has 6 heteroatoms. The molecule has 0 aliphatic heterocycles. The van der Waals surface area contributed by atoms with E-state index in [1.54, 1.807) is 0 Å². The Hall–Kier alpha value is -16.0. The summed E-state index contributed by atoms with van der Waals surface area (Å²) < 4.78 is 17.6. The molecule has 4 aromatic heterocycles. The fourth-order valence-corrected chi connectivity index (χ4v) is 20.5. The Morgan fingerprint density at radius 2 is 0.532 bits per heavy atom. The molecule has 0 bridgehead atoms. The van der Waals surface area contributed by atoms with Crippen LogP contribution in [0, 0.1) is 0 Å². The van der Waals surface area contributed by atoms with E-state index >= 15 is 0 Å². The van der Waals surface area contributed by atoms with Crippen LogP contribution in [-0.2, 0) is 10.8 Å². The molecule has 0 radical (unpaired) electrons. The van der Waals surface area contributed by atoms with Gasteiger partial charge in [0, 0.05) is 93.7 Å². The van der Waals surface area contributed by atoms with Crippen LogP contribution in [0.25, 0.3) is 177 Å². The highest BCUT2D eigenvalue weighted by atomic mass is 16.3. The molecule has 0 amide bonds. The van der Waals surface area contributed by atoms with E-state index in [-0.39, 0.29) is 10.8 Å². The van der Waals surface area contributed by atoms with Crippen LogP contribution in [0.1, 0.15) is 49.9 Å². The van der Waals surface area contributed by atoms with E-state index in [0.717, 1.165) is 106 Å². The number of benzene rings is 19. The van der Waals surface area contributed by atoms with Crippen molar-refractivity contribution in [2.45, 2.75) is 38.5 Å². The molecule has 23 aromatic rings. The number of hydrogen-bond donors (Lipinski definition) is 0. The molecule has 596 valence electrons. The van der Waals surface area contributed by atoms with Crippen molar-refractivity contribution >= 4 is 122 Å². The minimum Gasteiger partial charge on any atom is -0.456 e. The Labute approximate surface area is 731 Å². The predicted octanol–water partition coefficient (Wildman–Crippen LogP) is 33.3. The summed E-state index contributed by atoms with van der Waals surface area (Å²) in [7, 11) is 0. The van der Waals surface area contributed by atoms with Gasteiger partial charge in [0.25, 0.3) is 0 Å². The first-order valence-corrected chi connectivity index (χ1v) is 43.6. The van der Waals surface area contributed by atoms with Crippen molar-refractivity contribution in [2.24, 2.45) is 0 Å². The Kier molecular flexibility index (Phi) is 17.2. The number of para-hydroxylation sites is 5. The molecule has 0 saturated heterocycles. The number of fused-ring (bicyclic) bond motifs is 18. The van der Waals surface area contributed by atoms with Gasteiger partial charge in [-0.3, -0.25) is 0 Å². The maximum Gasteiger partial charge on any atom is 0.159 e. The third-order valence-electron chi connectivity index (χ3n) is 26.8. The molecule has 0 unspecified atom stereocenters. The molecule has 4 heterocycles. The molecule has 19 aromatic carbocycles. The Morgan fingerprint density at radius 3 is 1.06 bits per heavy atom. The van der Waals surface area contributed by atoms with E-state index in [1.165, 1.54) is 127 Å². The second-order valence-corrected chi connectivity index (χ2v) is 34.7. The van der Waals surface area contributed by atoms with Crippen LogP contribution in [0.3, 0.4) is 0 Å². The van der Waals surface area contributed by atoms with E-state index in [0.29, 0.717) is 0 Å². The van der Waals surface area contributed by atoms with Gasteiger partial charge >= 0.3 is 0 Å². The molecule has 0 spiro atoms. The van der Waals surface area contributed by atoms with Gasteiger partial charge in [-0.1, -0.05) is 307 Å². The lowest BCUT2D eigenvalue weighted by atomic mass is 9.82. The first-order chi connectivity index (χ1) is 62.0. The topological polar surface area (TPSA) is 42.6 Å². The van der Waals surface area contributed by atoms with Gasteiger partial charge in [-0.25, -0.2) is 0 Å². The lowest BCUT2D eigenvalue weighted by Gasteiger charge is -2.28. The van der Waals surface area contributed by atoms with Gasteiger partial charge in [0.1, 0.15) is 16.7 Å². The Bertz CT molecular complexity index is 8230. The molecular weight excluding hydrogens is 1530 g/mol. The molecule has 2 aliphatic carbocycles. The molecule has 2 aliphatic rings. The largest absolute Gasteiger partial charge is 0.456 e. The van der Waals surface area contributed by atoms with Gasteiger partial charge in [0.05, 0.1) is 27.8 Å². The van der Waals surface area contributed by atoms with E-state index in [4.69, 9.17) is 8.83 Å². The van der Waals surface area contributed by atoms with Crippen LogP contribution < -0.4 is 9.80 Å². The average Bonchev–Trinajstić information content (AvgIpc) is 1.58. The Balaban J connectivity index is 0.000000142. The zero-order chi connectivity index (χ0) is 83.9. The smallest absolute Gasteiger partial charge is 0.159 e. The molecular formula is C120H84N4O2. The standard InChI is InChI=1S/C63H44N2O.C57H40N2O/c1-63(2)57-17-9-6-14-51(57)52-35-34-50(40-58(52)63)64(48-30-24-44(25-31-48)46-27-37-62-56(39-46)54-16-8-11-19-61(54)66-62)47-28-22-43(23-29-47)45-26-36-60-55(38-45)53-15-7-10-18-59(53)65(60)49-32-20-42(21-33-49)41-12-4-3-5-13-41;1-57(2)50-21-11-9-18-44(50)45-31-30-43(36-51(45)57)58(54-22-13-20-47-46-19-10-12-23-55(46)60-56(47)54)42-28-24-38(25-29-42)40-27-33-53-49(35-40)48-34-39(37-14-5-3-6-15-37)26-32-52(48)59(53)41-16-7-4-8-17-41/h3-40H,1-2H3;3-36H,1-2H3. The van der Waals surface area contributed by atoms with Gasteiger partial charge in [-0.15, -0.1) is 0 Å². The summed E-state index contributed by atoms with van der Waals surface area (Å²) in [5, 5.41) is 9.45. The zero-order valence-electron chi connectivity index (χ0n) is 70.2. The molecule has 6 nitrogen and oxygen atoms in total. The first-order valence-electron chi connectivity index (χ1n) is 43.6. The minimum atomic E-state index is -0.132. The van der Waals surface area contributed by atoms with Gasteiger partial charge in [0.15, 0.2) is 5.58 Å². The van der Waals surface area contributed by atoms with Gasteiger partial charge in [-0.05, 0) is 258 Å². The van der Waals surface area contributed by atoms with Gasteiger partial charge in [0.2, 0.25) is 0 Å². The van der Waals surface area contributed by atoms with Gasteiger partial charge < -0.3 is 27.8 Å². The predicted molar refractivity (Wildman–Crippen MR) is 528 cm³/mol. The van der Waals surface area contributed by atoms with Crippen molar-refractivity contribution in [2.75, 3.05) is 9.80 Å². The maximum absolute atomic E-state index is 6.69. The molecule has 126 heavy (non-hydrogen) atoms. The average molecular weight is 1610 g/mol. The number of rotatable bonds is 13. The van der Waals surface area contributed by atoms with Gasteiger partial charge in [-0.2, -0.15) is 0 Å². The van der Waals surface area contributed by atoms with Crippen LogP contribution in [0.2, 0.25) is 0 Å². The molecule has 0 atom stereocenters. The SMILES string of the molecule is CC1(C)c2ccccc2-c2ccc(N(c3ccc(-c4ccc5c(c4)c4cc(-c6ccccc6)ccc4n5-c4ccccc4)cc3)c3cccc4c3oc3ccccc34)cc21.CC1(C)c2ccccc2-c2ccc(N(c3ccc(-c4ccc5oc6ccccc6c5c4)cc3)c3ccc(-c4ccc5c(c4)c4ccccc4n5-c4ccc(-c5ccccc5)cc4)cc3)cc21. The van der Waals surface area contributed by atoms with Crippen molar-refractivity contribution < 1.29 is 8.83 Å². The van der Waals surface area contributed by atoms with Crippen LogP contribution in [0.5, 0.6) is 0 Å². The quantitative estimate of drug-likeness (QED) is 0.115. The molecule has 0 fully saturated rings. The maximum atomic E-state index is 6.69. The van der Waals surface area contributed by atoms with E-state index < -0.39 is 0 Å². The number of hydrogen-bond acceptors (Lipinski definition) is 4. The summed E-state index contributed by atoms with van der Waals surface area (Å²) in [6.07, 6.45) is 0. The lowest BCUT2D eigenvalue weighted by molar-refractivity contribution is 0.660. The highest BCUT2D eigenvalue weighted by Crippen LogP contribution is 2.54. The van der Waals surface area contributed by atoms with Crippen LogP contribution in [0.4, 0.5) is 34.1 Å². The summed E-state index contributed by atoms with van der Waals surface area (Å²) in [4.78, 5) is 4.77. The normalized spacial score (nSPS) is 12.9. The number of nitrogens with zero attached hydrogens (tertiary/aromatic N) is 4. The van der Waals surface area contributed by atoms with E-state index in [1.807, 2.05) is 18.2 Å². The first kappa shape index (κ1) is 73.9. The Morgan fingerprint density at radius 1 is 0.198 bits per heavy atom. The highest BCUT2D eigenvalue weighted by molar-refractivity contribution is 6.14. The third kappa shape index (κ3) is 12.1. The van der Waals surface area contributed by atoms with E-state index in [2.05, 4.69) is 465 Å². The lowest BCUT2D eigenvalue weighted by Crippen LogP contribution is -2.16. The number of aromatic nitrogens is 2.